The molecule has 0 spiro atoms. The number of H-pyrrole nitrogens is 1. The van der Waals surface area contributed by atoms with Gasteiger partial charge in [-0.2, -0.15) is 5.10 Å². The molecule has 1 saturated carbocycles. The van der Waals surface area contributed by atoms with Gasteiger partial charge in [0.1, 0.15) is 5.69 Å². The lowest BCUT2D eigenvalue weighted by atomic mass is 9.71. The first-order valence-corrected chi connectivity index (χ1v) is 15.1. The standard InChI is InChI=1S/C30H29N5O4S/c1-40(38,39)22-11-5-19(6-12-22)18-26(36)32-21-9-7-20(8-10-21)30(15-3-16-30)33-29(37)28-24-13-14-25-23(4-2-17-31-25)27(24)34-35-28/h2,4-12,17H,3,13-16,18H2,1H3,(H,32,36)(H,33,37)(H,34,35). The number of pyridine rings is 1. The molecular formula is C30H29N5O4S. The fourth-order valence-electron chi connectivity index (χ4n) is 5.53. The Morgan fingerprint density at radius 2 is 1.75 bits per heavy atom. The van der Waals surface area contributed by atoms with E-state index in [4.69, 9.17) is 0 Å². The van der Waals surface area contributed by atoms with Crippen LogP contribution < -0.4 is 10.6 Å². The third-order valence-corrected chi connectivity index (χ3v) is 8.98. The summed E-state index contributed by atoms with van der Waals surface area (Å²) in [5, 5.41) is 13.6. The average molecular weight is 556 g/mol. The molecule has 2 aliphatic rings. The summed E-state index contributed by atoms with van der Waals surface area (Å²) in [7, 11) is -3.28. The smallest absolute Gasteiger partial charge is 0.270 e. The number of carbonyl (C=O) groups is 2. The first kappa shape index (κ1) is 25.9. The maximum atomic E-state index is 13.4. The molecule has 0 saturated heterocycles. The molecule has 10 heteroatoms. The van der Waals surface area contributed by atoms with Crippen LogP contribution in [0.4, 0.5) is 5.69 Å². The van der Waals surface area contributed by atoms with Gasteiger partial charge in [-0.05, 0) is 79.6 Å². The lowest BCUT2D eigenvalue weighted by Gasteiger charge is -2.43. The highest BCUT2D eigenvalue weighted by Crippen LogP contribution is 2.42. The zero-order valence-corrected chi connectivity index (χ0v) is 22.8. The molecule has 1 fully saturated rings. The van der Waals surface area contributed by atoms with E-state index >= 15 is 0 Å². The molecule has 0 aliphatic heterocycles. The Morgan fingerprint density at radius 1 is 1.00 bits per heavy atom. The highest BCUT2D eigenvalue weighted by atomic mass is 32.2. The summed E-state index contributed by atoms with van der Waals surface area (Å²) >= 11 is 0. The van der Waals surface area contributed by atoms with Crippen molar-refractivity contribution in [1.29, 1.82) is 0 Å². The molecular weight excluding hydrogens is 526 g/mol. The number of nitrogens with one attached hydrogen (secondary N) is 3. The van der Waals surface area contributed by atoms with Gasteiger partial charge in [-0.15, -0.1) is 0 Å². The van der Waals surface area contributed by atoms with E-state index in [1.165, 1.54) is 12.1 Å². The van der Waals surface area contributed by atoms with E-state index < -0.39 is 15.4 Å². The molecule has 204 valence electrons. The molecule has 0 atom stereocenters. The number of aromatic amines is 1. The molecule has 0 unspecified atom stereocenters. The first-order chi connectivity index (χ1) is 19.2. The number of sulfone groups is 1. The SMILES string of the molecule is CS(=O)(=O)c1ccc(CC(=O)Nc2ccc(C3(NC(=O)c4[nH]nc5c4CCc4ncccc4-5)CCC3)cc2)cc1. The van der Waals surface area contributed by atoms with Crippen LogP contribution in [0.15, 0.2) is 71.8 Å². The van der Waals surface area contributed by atoms with Gasteiger partial charge >= 0.3 is 0 Å². The molecule has 6 rings (SSSR count). The molecule has 2 aliphatic carbocycles. The minimum atomic E-state index is -3.28. The van der Waals surface area contributed by atoms with Gasteiger partial charge < -0.3 is 10.6 Å². The fraction of sp³-hybridized carbons (Fsp3) is 0.267. The van der Waals surface area contributed by atoms with Gasteiger partial charge in [-0.25, -0.2) is 8.42 Å². The van der Waals surface area contributed by atoms with Crippen molar-refractivity contribution in [3.05, 3.63) is 94.9 Å². The Labute approximate surface area is 232 Å². The number of amides is 2. The van der Waals surface area contributed by atoms with Crippen LogP contribution in [0.1, 0.15) is 52.1 Å². The molecule has 3 N–H and O–H groups in total. The van der Waals surface area contributed by atoms with E-state index in [9.17, 15) is 18.0 Å². The quantitative estimate of drug-likeness (QED) is 0.316. The molecule has 2 heterocycles. The fourth-order valence-corrected chi connectivity index (χ4v) is 6.16. The third kappa shape index (κ3) is 4.90. The molecule has 40 heavy (non-hydrogen) atoms. The van der Waals surface area contributed by atoms with E-state index in [0.717, 1.165) is 65.6 Å². The van der Waals surface area contributed by atoms with Crippen molar-refractivity contribution >= 4 is 27.3 Å². The Balaban J connectivity index is 1.12. The van der Waals surface area contributed by atoms with Crippen molar-refractivity contribution in [2.45, 2.75) is 49.0 Å². The summed E-state index contributed by atoms with van der Waals surface area (Å²) in [6.45, 7) is 0. The number of aromatic nitrogens is 3. The van der Waals surface area contributed by atoms with Crippen molar-refractivity contribution in [3.8, 4) is 11.3 Å². The molecule has 2 aromatic carbocycles. The zero-order valence-electron chi connectivity index (χ0n) is 22.0. The van der Waals surface area contributed by atoms with Gasteiger partial charge in [-0.1, -0.05) is 24.3 Å². The van der Waals surface area contributed by atoms with Crippen LogP contribution >= 0.6 is 0 Å². The zero-order chi connectivity index (χ0) is 27.9. The number of benzene rings is 2. The largest absolute Gasteiger partial charge is 0.341 e. The van der Waals surface area contributed by atoms with Gasteiger partial charge in [0.15, 0.2) is 9.84 Å². The van der Waals surface area contributed by atoms with Gasteiger partial charge in [-0.3, -0.25) is 19.7 Å². The Kier molecular flexibility index (Phi) is 6.50. The Morgan fingerprint density at radius 3 is 2.42 bits per heavy atom. The van der Waals surface area contributed by atoms with Crippen LogP contribution in [0.2, 0.25) is 0 Å². The third-order valence-electron chi connectivity index (χ3n) is 7.85. The number of nitrogens with zero attached hydrogens (tertiary/aromatic N) is 2. The topological polar surface area (TPSA) is 134 Å². The number of anilines is 1. The molecule has 9 nitrogen and oxygen atoms in total. The monoisotopic (exact) mass is 555 g/mol. The number of fused-ring (bicyclic) bond motifs is 3. The van der Waals surface area contributed by atoms with E-state index in [1.54, 1.807) is 18.3 Å². The van der Waals surface area contributed by atoms with E-state index in [0.29, 0.717) is 17.8 Å². The van der Waals surface area contributed by atoms with Crippen molar-refractivity contribution in [2.75, 3.05) is 11.6 Å². The van der Waals surface area contributed by atoms with Gasteiger partial charge in [0, 0.05) is 29.3 Å². The van der Waals surface area contributed by atoms with E-state index in [2.05, 4.69) is 25.8 Å². The van der Waals surface area contributed by atoms with Gasteiger partial charge in [0.25, 0.3) is 5.91 Å². The van der Waals surface area contributed by atoms with Crippen LogP contribution in [0.5, 0.6) is 0 Å². The predicted molar refractivity (Wildman–Crippen MR) is 151 cm³/mol. The molecule has 2 aromatic heterocycles. The first-order valence-electron chi connectivity index (χ1n) is 13.3. The minimum absolute atomic E-state index is 0.126. The number of rotatable bonds is 7. The van der Waals surface area contributed by atoms with Crippen LogP contribution in [0.3, 0.4) is 0 Å². The van der Waals surface area contributed by atoms with Crippen LogP contribution in [-0.4, -0.2) is 41.7 Å². The molecule has 4 aromatic rings. The summed E-state index contributed by atoms with van der Waals surface area (Å²) in [5.41, 5.74) is 6.10. The van der Waals surface area contributed by atoms with E-state index in [1.807, 2.05) is 36.4 Å². The second-order valence-electron chi connectivity index (χ2n) is 10.5. The number of hydrogen-bond donors (Lipinski definition) is 3. The van der Waals surface area contributed by atoms with Crippen LogP contribution in [-0.2, 0) is 39.4 Å². The minimum Gasteiger partial charge on any atom is -0.341 e. The highest BCUT2D eigenvalue weighted by Gasteiger charge is 2.41. The number of aryl methyl sites for hydroxylation is 1. The lowest BCUT2D eigenvalue weighted by Crippen LogP contribution is -2.51. The van der Waals surface area contributed by atoms with Crippen molar-refractivity contribution in [1.82, 2.24) is 20.5 Å². The van der Waals surface area contributed by atoms with Crippen LogP contribution in [0, 0.1) is 0 Å². The number of carbonyl (C=O) groups excluding carboxylic acids is 2. The van der Waals surface area contributed by atoms with Gasteiger partial charge in [0.2, 0.25) is 5.91 Å². The maximum Gasteiger partial charge on any atom is 0.270 e. The number of hydrogen-bond acceptors (Lipinski definition) is 6. The summed E-state index contributed by atoms with van der Waals surface area (Å²) in [5.74, 6) is -0.368. The van der Waals surface area contributed by atoms with Crippen molar-refractivity contribution in [3.63, 3.8) is 0 Å². The van der Waals surface area contributed by atoms with Crippen molar-refractivity contribution in [2.24, 2.45) is 0 Å². The van der Waals surface area contributed by atoms with Crippen LogP contribution in [0.25, 0.3) is 11.3 Å². The Hall–Kier alpha value is -4.31. The Bertz CT molecular complexity index is 1710. The van der Waals surface area contributed by atoms with E-state index in [-0.39, 0.29) is 23.1 Å². The molecule has 0 bridgehead atoms. The molecule has 2 amide bonds. The normalized spacial score (nSPS) is 15.3. The maximum absolute atomic E-state index is 13.4. The van der Waals surface area contributed by atoms with Gasteiger partial charge in [0.05, 0.1) is 28.2 Å². The second-order valence-corrected chi connectivity index (χ2v) is 12.5. The average Bonchev–Trinajstić information content (AvgIpc) is 3.36. The summed E-state index contributed by atoms with van der Waals surface area (Å²) in [6, 6.07) is 17.8. The second kappa shape index (κ2) is 10.0. The van der Waals surface area contributed by atoms with Crippen molar-refractivity contribution < 1.29 is 18.0 Å². The summed E-state index contributed by atoms with van der Waals surface area (Å²) in [4.78, 5) is 30.7. The highest BCUT2D eigenvalue weighted by molar-refractivity contribution is 7.90. The summed E-state index contributed by atoms with van der Waals surface area (Å²) in [6.07, 6.45) is 7.21. The molecule has 0 radical (unpaired) electrons. The predicted octanol–water partition coefficient (Wildman–Crippen LogP) is 3.96. The lowest BCUT2D eigenvalue weighted by molar-refractivity contribution is -0.115. The summed E-state index contributed by atoms with van der Waals surface area (Å²) < 4.78 is 23.3.